The maximum atomic E-state index is 12.7. The molecule has 1 unspecified atom stereocenters. The molecule has 2 saturated carbocycles. The van der Waals surface area contributed by atoms with E-state index in [1.165, 1.54) is 62.7 Å². The topological polar surface area (TPSA) is 71.8 Å². The lowest BCUT2D eigenvalue weighted by molar-refractivity contribution is 0.0420. The van der Waals surface area contributed by atoms with Gasteiger partial charge in [-0.3, -0.25) is 4.40 Å². The first-order chi connectivity index (χ1) is 16.3. The molecule has 2 aromatic rings. The van der Waals surface area contributed by atoms with E-state index in [1.54, 1.807) is 0 Å². The Balaban J connectivity index is 1.37. The van der Waals surface area contributed by atoms with Crippen LogP contribution >= 0.6 is 11.8 Å². The molecule has 34 heavy (non-hydrogen) atoms. The number of carbonyl (C=O) groups is 1. The third-order valence-electron chi connectivity index (χ3n) is 7.81. The van der Waals surface area contributed by atoms with Crippen LogP contribution in [0.1, 0.15) is 85.0 Å². The average molecular weight is 486 g/mol. The second kappa shape index (κ2) is 9.59. The summed E-state index contributed by atoms with van der Waals surface area (Å²) >= 11 is 1.95. The smallest absolute Gasteiger partial charge is 0.407 e. The Morgan fingerprint density at radius 1 is 1.12 bits per heavy atom. The predicted octanol–water partition coefficient (Wildman–Crippen LogP) is 5.82. The molecule has 1 N–H and O–H groups in total. The van der Waals surface area contributed by atoms with E-state index >= 15 is 0 Å². The van der Waals surface area contributed by atoms with Crippen LogP contribution in [0.2, 0.25) is 0 Å². The van der Waals surface area contributed by atoms with Crippen molar-refractivity contribution in [3.63, 3.8) is 0 Å². The summed E-state index contributed by atoms with van der Waals surface area (Å²) in [4.78, 5) is 25.9. The number of fused-ring (bicyclic) bond motifs is 1. The van der Waals surface area contributed by atoms with Gasteiger partial charge < -0.3 is 15.0 Å². The highest BCUT2D eigenvalue weighted by atomic mass is 32.2. The summed E-state index contributed by atoms with van der Waals surface area (Å²) in [5.41, 5.74) is 0.661. The monoisotopic (exact) mass is 485 g/mol. The quantitative estimate of drug-likeness (QED) is 0.588. The van der Waals surface area contributed by atoms with Crippen LogP contribution in [0.3, 0.4) is 0 Å². The van der Waals surface area contributed by atoms with Gasteiger partial charge in [-0.15, -0.1) is 11.8 Å². The molecule has 0 radical (unpaired) electrons. The van der Waals surface area contributed by atoms with Gasteiger partial charge in [0, 0.05) is 36.9 Å². The fourth-order valence-electron chi connectivity index (χ4n) is 6.11. The van der Waals surface area contributed by atoms with Gasteiger partial charge in [0.1, 0.15) is 5.60 Å². The number of hydrogen-bond donors (Lipinski definition) is 1. The lowest BCUT2D eigenvalue weighted by Gasteiger charge is -2.46. The summed E-state index contributed by atoms with van der Waals surface area (Å²) < 4.78 is 7.77. The molecular formula is C26H39N5O2S. The van der Waals surface area contributed by atoms with E-state index in [1.807, 2.05) is 51.1 Å². The number of thioether (sulfide) groups is 1. The molecule has 2 aromatic heterocycles. The molecule has 1 spiro atoms. The van der Waals surface area contributed by atoms with Crippen molar-refractivity contribution in [3.8, 4) is 0 Å². The highest BCUT2D eigenvalue weighted by Gasteiger charge is 2.46. The van der Waals surface area contributed by atoms with Crippen molar-refractivity contribution >= 4 is 29.5 Å². The Kier molecular flexibility index (Phi) is 6.70. The van der Waals surface area contributed by atoms with Crippen molar-refractivity contribution in [1.29, 1.82) is 0 Å². The first kappa shape index (κ1) is 23.8. The van der Waals surface area contributed by atoms with Crippen molar-refractivity contribution < 1.29 is 9.53 Å². The largest absolute Gasteiger partial charge is 0.444 e. The van der Waals surface area contributed by atoms with Crippen LogP contribution in [-0.4, -0.2) is 50.4 Å². The van der Waals surface area contributed by atoms with E-state index in [0.717, 1.165) is 31.1 Å². The number of nitrogens with zero attached hydrogens (tertiary/aromatic N) is 4. The van der Waals surface area contributed by atoms with Gasteiger partial charge in [0.15, 0.2) is 5.65 Å². The van der Waals surface area contributed by atoms with Crippen LogP contribution in [0.25, 0.3) is 5.65 Å². The van der Waals surface area contributed by atoms with E-state index in [4.69, 9.17) is 14.7 Å². The van der Waals surface area contributed by atoms with Gasteiger partial charge in [-0.1, -0.05) is 32.1 Å². The van der Waals surface area contributed by atoms with Crippen molar-refractivity contribution in [2.45, 2.75) is 107 Å². The van der Waals surface area contributed by atoms with Crippen LogP contribution < -0.4 is 10.2 Å². The number of nitrogens with one attached hydrogen (secondary N) is 1. The van der Waals surface area contributed by atoms with E-state index < -0.39 is 5.60 Å². The number of alkyl carbamates (subject to hydrolysis) is 1. The summed E-state index contributed by atoms with van der Waals surface area (Å²) in [6, 6.07) is 0.0512. The molecule has 3 fully saturated rings. The molecule has 1 atom stereocenters. The molecule has 8 heteroatoms. The van der Waals surface area contributed by atoms with E-state index in [2.05, 4.69) is 14.6 Å². The summed E-state index contributed by atoms with van der Waals surface area (Å²) in [7, 11) is 0. The molecule has 0 aromatic carbocycles. The fraction of sp³-hybridized carbons (Fsp3) is 0.731. The van der Waals surface area contributed by atoms with Gasteiger partial charge in [-0.2, -0.15) is 0 Å². The number of anilines is 1. The first-order valence-electron chi connectivity index (χ1n) is 13.1. The van der Waals surface area contributed by atoms with Crippen LogP contribution in [0.15, 0.2) is 23.5 Å². The Morgan fingerprint density at radius 3 is 2.62 bits per heavy atom. The molecule has 186 valence electrons. The van der Waals surface area contributed by atoms with Crippen molar-refractivity contribution in [1.82, 2.24) is 19.7 Å². The Labute approximate surface area is 207 Å². The lowest BCUT2D eigenvalue weighted by atomic mass is 9.73. The number of rotatable bonds is 4. The van der Waals surface area contributed by atoms with E-state index in [9.17, 15) is 4.79 Å². The second-order valence-corrected chi connectivity index (χ2v) is 12.7. The van der Waals surface area contributed by atoms with Gasteiger partial charge in [0.25, 0.3) is 0 Å². The molecular weight excluding hydrogens is 446 g/mol. The minimum atomic E-state index is -0.502. The molecule has 1 saturated heterocycles. The zero-order chi connectivity index (χ0) is 23.8. The third kappa shape index (κ3) is 5.02. The van der Waals surface area contributed by atoms with Crippen LogP contribution in [0.5, 0.6) is 0 Å². The Morgan fingerprint density at radius 2 is 1.88 bits per heavy atom. The summed E-state index contributed by atoms with van der Waals surface area (Å²) in [6.07, 6.45) is 18.1. The van der Waals surface area contributed by atoms with Crippen molar-refractivity contribution in [2.24, 2.45) is 5.41 Å². The predicted molar refractivity (Wildman–Crippen MR) is 137 cm³/mol. The second-order valence-electron chi connectivity index (χ2n) is 11.4. The van der Waals surface area contributed by atoms with Gasteiger partial charge >= 0.3 is 6.09 Å². The Hall–Kier alpha value is -1.96. The van der Waals surface area contributed by atoms with E-state index in [0.29, 0.717) is 5.25 Å². The molecule has 3 aliphatic rings. The normalized spacial score (nSPS) is 23.5. The molecule has 2 aliphatic carbocycles. The maximum Gasteiger partial charge on any atom is 0.407 e. The summed E-state index contributed by atoms with van der Waals surface area (Å²) in [6.45, 7) is 7.43. The molecule has 7 nitrogen and oxygen atoms in total. The fourth-order valence-corrected chi connectivity index (χ4v) is 7.41. The standard InChI is InChI=1S/C26H39N5O2S/c1-25(2,3)33-24(32)29-21-18-30(15-13-26(21)11-7-8-12-26)23-28-17-20(22-27-14-16-31(22)23)34-19-9-5-4-6-10-19/h14,16-17,19,21H,4-13,15,18H2,1-3H3,(H,29,32). The van der Waals surface area contributed by atoms with E-state index in [-0.39, 0.29) is 17.6 Å². The van der Waals surface area contributed by atoms with Gasteiger partial charge in [-0.05, 0) is 58.3 Å². The number of ether oxygens (including phenoxy) is 1. The number of aromatic nitrogens is 3. The molecule has 1 aliphatic heterocycles. The van der Waals surface area contributed by atoms with Gasteiger partial charge in [0.2, 0.25) is 5.95 Å². The lowest BCUT2D eigenvalue weighted by Crippen LogP contribution is -2.58. The highest BCUT2D eigenvalue weighted by molar-refractivity contribution is 8.00. The van der Waals surface area contributed by atoms with Gasteiger partial charge in [-0.25, -0.2) is 14.8 Å². The van der Waals surface area contributed by atoms with Gasteiger partial charge in [0.05, 0.1) is 10.9 Å². The first-order valence-corrected chi connectivity index (χ1v) is 13.9. The van der Waals surface area contributed by atoms with Crippen LogP contribution in [0, 0.1) is 5.41 Å². The molecule has 1 amide bonds. The van der Waals surface area contributed by atoms with Crippen LogP contribution in [0.4, 0.5) is 10.7 Å². The third-order valence-corrected chi connectivity index (χ3v) is 9.16. The molecule has 3 heterocycles. The molecule has 5 rings (SSSR count). The maximum absolute atomic E-state index is 12.7. The van der Waals surface area contributed by atoms with Crippen molar-refractivity contribution in [3.05, 3.63) is 18.6 Å². The zero-order valence-corrected chi connectivity index (χ0v) is 21.7. The Bertz CT molecular complexity index is 1000. The number of carbonyl (C=O) groups excluding carboxylic acids is 1. The number of amides is 1. The highest BCUT2D eigenvalue weighted by Crippen LogP contribution is 2.47. The number of imidazole rings is 1. The zero-order valence-electron chi connectivity index (χ0n) is 20.9. The van der Waals surface area contributed by atoms with Crippen LogP contribution in [-0.2, 0) is 4.74 Å². The number of hydrogen-bond acceptors (Lipinski definition) is 6. The SMILES string of the molecule is CC(C)(C)OC(=O)NC1CN(c2ncc(SC3CCCCC3)c3nccn23)CCC12CCCC2. The average Bonchev–Trinajstić information content (AvgIpc) is 3.46. The molecule has 0 bridgehead atoms. The summed E-state index contributed by atoms with van der Waals surface area (Å²) in [5, 5.41) is 3.92. The van der Waals surface area contributed by atoms with Crippen molar-refractivity contribution in [2.75, 3.05) is 18.0 Å². The minimum absolute atomic E-state index is 0.0512. The minimum Gasteiger partial charge on any atom is -0.444 e. The number of piperidine rings is 1. The summed E-state index contributed by atoms with van der Waals surface area (Å²) in [5.74, 6) is 0.921.